The molecule has 0 saturated heterocycles. The Labute approximate surface area is 127 Å². The summed E-state index contributed by atoms with van der Waals surface area (Å²) in [5.74, 6) is 0.830. The number of rotatable bonds is 6. The fraction of sp³-hybridized carbons (Fsp3) is 0.214. The lowest BCUT2D eigenvalue weighted by Gasteiger charge is -2.07. The van der Waals surface area contributed by atoms with Crippen LogP contribution < -0.4 is 14.8 Å². The van der Waals surface area contributed by atoms with E-state index in [1.165, 1.54) is 13.2 Å². The van der Waals surface area contributed by atoms with Gasteiger partial charge in [-0.3, -0.25) is 10.1 Å². The van der Waals surface area contributed by atoms with Crippen molar-refractivity contribution in [2.75, 3.05) is 19.0 Å². The van der Waals surface area contributed by atoms with Gasteiger partial charge in [-0.05, 0) is 12.1 Å². The maximum Gasteiger partial charge on any atom is 0.234 e. The van der Waals surface area contributed by atoms with Crippen molar-refractivity contribution in [1.29, 1.82) is 0 Å². The normalized spacial score (nSPS) is 10.0. The van der Waals surface area contributed by atoms with E-state index in [-0.39, 0.29) is 35.9 Å². The minimum Gasteiger partial charge on any atom is -0.493 e. The number of para-hydroxylation sites is 1. The van der Waals surface area contributed by atoms with Gasteiger partial charge in [0.1, 0.15) is 10.9 Å². The van der Waals surface area contributed by atoms with Crippen molar-refractivity contribution < 1.29 is 14.3 Å². The number of nitrogens with one attached hydrogen (secondary N) is 1. The molecule has 7 heteroatoms. The van der Waals surface area contributed by atoms with Crippen molar-refractivity contribution in [3.63, 3.8) is 0 Å². The van der Waals surface area contributed by atoms with Crippen LogP contribution in [0.3, 0.4) is 0 Å². The lowest BCUT2D eigenvalue weighted by atomic mass is 10.3. The van der Waals surface area contributed by atoms with E-state index in [9.17, 15) is 4.79 Å². The number of hydrogen-bond acceptors (Lipinski definition) is 5. The van der Waals surface area contributed by atoms with Crippen LogP contribution in [0.1, 0.15) is 6.42 Å². The minimum atomic E-state index is -0.268. The molecule has 0 fully saturated rings. The van der Waals surface area contributed by atoms with E-state index in [0.717, 1.165) is 0 Å². The van der Waals surface area contributed by atoms with Gasteiger partial charge in [0.15, 0.2) is 0 Å². The van der Waals surface area contributed by atoms with Crippen LogP contribution in [0.5, 0.6) is 11.6 Å². The third kappa shape index (κ3) is 4.92. The van der Waals surface area contributed by atoms with Gasteiger partial charge in [0.05, 0.1) is 20.1 Å². The third-order valence-corrected chi connectivity index (χ3v) is 2.67. The largest absolute Gasteiger partial charge is 0.493 e. The van der Waals surface area contributed by atoms with Crippen LogP contribution in [0.25, 0.3) is 0 Å². The summed E-state index contributed by atoms with van der Waals surface area (Å²) in [4.78, 5) is 19.6. The van der Waals surface area contributed by atoms with Crippen molar-refractivity contribution in [3.8, 4) is 11.6 Å². The van der Waals surface area contributed by atoms with Gasteiger partial charge < -0.3 is 9.47 Å². The molecule has 110 valence electrons. The molecule has 21 heavy (non-hydrogen) atoms. The van der Waals surface area contributed by atoms with Crippen LogP contribution in [-0.4, -0.2) is 29.6 Å². The molecular weight excluding hydrogens is 294 g/mol. The zero-order valence-electron chi connectivity index (χ0n) is 11.4. The SMILES string of the molecule is COc1cc(Cl)nc(NC(=O)CCOc2ccccc2)n1. The molecule has 6 nitrogen and oxygen atoms in total. The Hall–Kier alpha value is -2.34. The second-order valence-corrected chi connectivity index (χ2v) is 4.40. The molecule has 2 aromatic rings. The number of benzene rings is 1. The lowest BCUT2D eigenvalue weighted by Crippen LogP contribution is -2.17. The number of ether oxygens (including phenoxy) is 2. The molecule has 1 heterocycles. The van der Waals surface area contributed by atoms with Gasteiger partial charge in [-0.15, -0.1) is 0 Å². The summed E-state index contributed by atoms with van der Waals surface area (Å²) < 4.78 is 10.4. The average Bonchev–Trinajstić information content (AvgIpc) is 2.47. The fourth-order valence-electron chi connectivity index (χ4n) is 1.52. The van der Waals surface area contributed by atoms with Gasteiger partial charge in [0.2, 0.25) is 17.7 Å². The Bertz CT molecular complexity index is 608. The maximum absolute atomic E-state index is 11.8. The van der Waals surface area contributed by atoms with E-state index in [2.05, 4.69) is 15.3 Å². The van der Waals surface area contributed by atoms with E-state index >= 15 is 0 Å². The van der Waals surface area contributed by atoms with Gasteiger partial charge in [-0.2, -0.15) is 4.98 Å². The van der Waals surface area contributed by atoms with Crippen molar-refractivity contribution in [2.24, 2.45) is 0 Å². The predicted octanol–water partition coefficient (Wildman–Crippen LogP) is 2.55. The summed E-state index contributed by atoms with van der Waals surface area (Å²) in [5, 5.41) is 2.73. The first-order valence-electron chi connectivity index (χ1n) is 6.23. The number of hydrogen-bond donors (Lipinski definition) is 1. The first kappa shape index (κ1) is 15.1. The molecule has 1 aromatic heterocycles. The quantitative estimate of drug-likeness (QED) is 0.830. The first-order valence-corrected chi connectivity index (χ1v) is 6.61. The first-order chi connectivity index (χ1) is 10.2. The van der Waals surface area contributed by atoms with Gasteiger partial charge in [-0.25, -0.2) is 4.98 Å². The summed E-state index contributed by atoms with van der Waals surface area (Å²) in [6.45, 7) is 0.257. The number of amides is 1. The van der Waals surface area contributed by atoms with E-state index in [1.807, 2.05) is 30.3 Å². The highest BCUT2D eigenvalue weighted by Crippen LogP contribution is 2.15. The Morgan fingerprint density at radius 2 is 2.05 bits per heavy atom. The van der Waals surface area contributed by atoms with Gasteiger partial charge in [0, 0.05) is 6.07 Å². The number of methoxy groups -OCH3 is 1. The maximum atomic E-state index is 11.8. The Kier molecular flexibility index (Phi) is 5.34. The zero-order valence-corrected chi connectivity index (χ0v) is 12.1. The highest BCUT2D eigenvalue weighted by Gasteiger charge is 2.08. The van der Waals surface area contributed by atoms with Crippen molar-refractivity contribution in [1.82, 2.24) is 9.97 Å². The third-order valence-electron chi connectivity index (χ3n) is 2.47. The average molecular weight is 308 g/mol. The number of carbonyl (C=O) groups is 1. The molecule has 0 unspecified atom stereocenters. The van der Waals surface area contributed by atoms with Gasteiger partial charge >= 0.3 is 0 Å². The second kappa shape index (κ2) is 7.44. The van der Waals surface area contributed by atoms with Crippen molar-refractivity contribution in [3.05, 3.63) is 41.6 Å². The van der Waals surface area contributed by atoms with Crippen LogP contribution in [0.15, 0.2) is 36.4 Å². The van der Waals surface area contributed by atoms with E-state index < -0.39 is 0 Å². The highest BCUT2D eigenvalue weighted by atomic mass is 35.5. The summed E-state index contributed by atoms with van der Waals surface area (Å²) >= 11 is 5.79. The van der Waals surface area contributed by atoms with E-state index in [4.69, 9.17) is 21.1 Å². The van der Waals surface area contributed by atoms with E-state index in [0.29, 0.717) is 5.75 Å². The van der Waals surface area contributed by atoms with Crippen LogP contribution >= 0.6 is 11.6 Å². The standard InChI is InChI=1S/C14H14ClN3O3/c1-20-13-9-11(15)16-14(18-13)17-12(19)7-8-21-10-5-3-2-4-6-10/h2-6,9H,7-8H2,1H3,(H,16,17,18,19). The van der Waals surface area contributed by atoms with E-state index in [1.54, 1.807) is 0 Å². The molecule has 0 saturated carbocycles. The predicted molar refractivity (Wildman–Crippen MR) is 78.8 cm³/mol. The Morgan fingerprint density at radius 1 is 1.29 bits per heavy atom. The molecule has 0 atom stereocenters. The summed E-state index contributed by atoms with van der Waals surface area (Å²) in [6, 6.07) is 10.7. The number of carbonyl (C=O) groups excluding carboxylic acids is 1. The minimum absolute atomic E-state index is 0.101. The molecule has 2 rings (SSSR count). The topological polar surface area (TPSA) is 73.3 Å². The number of nitrogens with zero attached hydrogens (tertiary/aromatic N) is 2. The number of anilines is 1. The number of aromatic nitrogens is 2. The molecule has 0 spiro atoms. The molecule has 1 N–H and O–H groups in total. The fourth-order valence-corrected chi connectivity index (χ4v) is 1.70. The summed E-state index contributed by atoms with van der Waals surface area (Å²) in [7, 11) is 1.46. The molecule has 0 aliphatic heterocycles. The zero-order chi connectivity index (χ0) is 15.1. The molecular formula is C14H14ClN3O3. The summed E-state index contributed by atoms with van der Waals surface area (Å²) in [6.07, 6.45) is 0.174. The molecule has 0 radical (unpaired) electrons. The molecule has 0 aliphatic carbocycles. The lowest BCUT2D eigenvalue weighted by molar-refractivity contribution is -0.116. The van der Waals surface area contributed by atoms with Crippen LogP contribution in [-0.2, 0) is 4.79 Å². The van der Waals surface area contributed by atoms with Gasteiger partial charge in [0.25, 0.3) is 0 Å². The molecule has 1 aromatic carbocycles. The molecule has 0 bridgehead atoms. The monoisotopic (exact) mass is 307 g/mol. The Balaban J connectivity index is 1.83. The highest BCUT2D eigenvalue weighted by molar-refractivity contribution is 6.29. The number of halogens is 1. The van der Waals surface area contributed by atoms with Crippen LogP contribution in [0, 0.1) is 0 Å². The van der Waals surface area contributed by atoms with Crippen molar-refractivity contribution in [2.45, 2.75) is 6.42 Å². The second-order valence-electron chi connectivity index (χ2n) is 4.02. The molecule has 0 aliphatic rings. The molecule has 1 amide bonds. The van der Waals surface area contributed by atoms with Gasteiger partial charge in [-0.1, -0.05) is 29.8 Å². The smallest absolute Gasteiger partial charge is 0.234 e. The van der Waals surface area contributed by atoms with Crippen LogP contribution in [0.2, 0.25) is 5.15 Å². The van der Waals surface area contributed by atoms with Crippen LogP contribution in [0.4, 0.5) is 5.95 Å². The Morgan fingerprint density at radius 3 is 2.76 bits per heavy atom. The summed E-state index contributed by atoms with van der Waals surface area (Å²) in [5.41, 5.74) is 0. The van der Waals surface area contributed by atoms with Crippen molar-refractivity contribution >= 4 is 23.5 Å².